The van der Waals surface area contributed by atoms with Gasteiger partial charge in [-0.3, -0.25) is 14.5 Å². The summed E-state index contributed by atoms with van der Waals surface area (Å²) in [6.07, 6.45) is 1.63. The number of rotatable bonds is 5. The molecule has 0 aromatic heterocycles. The number of carbonyl (C=O) groups excluding carboxylic acids is 2. The van der Waals surface area contributed by atoms with E-state index in [1.165, 1.54) is 12.1 Å². The first-order chi connectivity index (χ1) is 10.6. The summed E-state index contributed by atoms with van der Waals surface area (Å²) < 4.78 is 18.5. The molecule has 1 aliphatic rings. The normalized spacial score (nSPS) is 18.7. The van der Waals surface area contributed by atoms with E-state index < -0.39 is 5.82 Å². The number of piperidine rings is 1. The summed E-state index contributed by atoms with van der Waals surface area (Å²) in [4.78, 5) is 25.7. The quantitative estimate of drug-likeness (QED) is 0.846. The largest absolute Gasteiger partial charge is 0.466 e. The number of ether oxygens (including phenoxy) is 1. The minimum Gasteiger partial charge on any atom is -0.466 e. The number of para-hydroxylation sites is 1. The second kappa shape index (κ2) is 7.89. The maximum absolute atomic E-state index is 13.5. The molecule has 1 unspecified atom stereocenters. The van der Waals surface area contributed by atoms with E-state index in [4.69, 9.17) is 4.74 Å². The Morgan fingerprint density at radius 2 is 2.18 bits per heavy atom. The maximum Gasteiger partial charge on any atom is 0.310 e. The highest BCUT2D eigenvalue weighted by atomic mass is 19.1. The lowest BCUT2D eigenvalue weighted by Gasteiger charge is -2.30. The van der Waals surface area contributed by atoms with Crippen molar-refractivity contribution in [2.24, 2.45) is 5.92 Å². The summed E-state index contributed by atoms with van der Waals surface area (Å²) in [6.45, 7) is 3.54. The fraction of sp³-hybridized carbons (Fsp3) is 0.500. The Morgan fingerprint density at radius 1 is 1.41 bits per heavy atom. The van der Waals surface area contributed by atoms with Gasteiger partial charge >= 0.3 is 5.97 Å². The van der Waals surface area contributed by atoms with Crippen LogP contribution in [0.15, 0.2) is 24.3 Å². The van der Waals surface area contributed by atoms with Gasteiger partial charge in [0.05, 0.1) is 24.8 Å². The smallest absolute Gasteiger partial charge is 0.310 e. The van der Waals surface area contributed by atoms with Crippen LogP contribution in [0.2, 0.25) is 0 Å². The summed E-state index contributed by atoms with van der Waals surface area (Å²) in [5.74, 6) is -1.13. The highest BCUT2D eigenvalue weighted by Gasteiger charge is 2.27. The minimum absolute atomic E-state index is 0.143. The summed E-state index contributed by atoms with van der Waals surface area (Å²) in [5, 5.41) is 2.55. The zero-order valence-corrected chi connectivity index (χ0v) is 12.7. The van der Waals surface area contributed by atoms with Gasteiger partial charge in [0.25, 0.3) is 0 Å². The van der Waals surface area contributed by atoms with Crippen LogP contribution in [0.25, 0.3) is 0 Å². The Balaban J connectivity index is 1.86. The number of nitrogens with zero attached hydrogens (tertiary/aromatic N) is 1. The van der Waals surface area contributed by atoms with E-state index in [2.05, 4.69) is 5.32 Å². The van der Waals surface area contributed by atoms with E-state index in [-0.39, 0.29) is 30.0 Å². The Kier molecular flexibility index (Phi) is 5.89. The second-order valence-corrected chi connectivity index (χ2v) is 5.35. The molecule has 1 amide bonds. The number of esters is 1. The molecule has 0 aliphatic carbocycles. The lowest BCUT2D eigenvalue weighted by molar-refractivity contribution is -0.150. The van der Waals surface area contributed by atoms with Gasteiger partial charge < -0.3 is 10.1 Å². The number of benzene rings is 1. The van der Waals surface area contributed by atoms with Crippen molar-refractivity contribution in [3.8, 4) is 0 Å². The molecular formula is C16H21FN2O3. The Hall–Kier alpha value is -1.95. The third-order valence-electron chi connectivity index (χ3n) is 3.64. The molecule has 2 rings (SSSR count). The third-order valence-corrected chi connectivity index (χ3v) is 3.64. The Labute approximate surface area is 129 Å². The Morgan fingerprint density at radius 3 is 2.91 bits per heavy atom. The first-order valence-electron chi connectivity index (χ1n) is 7.53. The molecule has 1 fully saturated rings. The van der Waals surface area contributed by atoms with Gasteiger partial charge in [-0.2, -0.15) is 0 Å². The zero-order chi connectivity index (χ0) is 15.9. The van der Waals surface area contributed by atoms with E-state index in [0.29, 0.717) is 13.2 Å². The molecule has 0 bridgehead atoms. The van der Waals surface area contributed by atoms with Crippen LogP contribution < -0.4 is 5.32 Å². The maximum atomic E-state index is 13.5. The average molecular weight is 308 g/mol. The van der Waals surface area contributed by atoms with Crippen LogP contribution in [0.3, 0.4) is 0 Å². The number of halogens is 1. The molecule has 22 heavy (non-hydrogen) atoms. The van der Waals surface area contributed by atoms with Crippen molar-refractivity contribution in [1.82, 2.24) is 4.90 Å². The molecule has 1 heterocycles. The fourth-order valence-electron chi connectivity index (χ4n) is 2.61. The molecule has 1 aromatic carbocycles. The SMILES string of the molecule is CCOC(=O)C1CCCN(CC(=O)Nc2ccccc2F)C1. The summed E-state index contributed by atoms with van der Waals surface area (Å²) in [7, 11) is 0. The summed E-state index contributed by atoms with van der Waals surface area (Å²) >= 11 is 0. The van der Waals surface area contributed by atoms with Crippen molar-refractivity contribution >= 4 is 17.6 Å². The second-order valence-electron chi connectivity index (χ2n) is 5.35. The van der Waals surface area contributed by atoms with Crippen molar-refractivity contribution in [2.75, 3.05) is 31.6 Å². The van der Waals surface area contributed by atoms with Gasteiger partial charge in [-0.1, -0.05) is 12.1 Å². The monoisotopic (exact) mass is 308 g/mol. The first kappa shape index (κ1) is 16.4. The van der Waals surface area contributed by atoms with Gasteiger partial charge in [0, 0.05) is 6.54 Å². The van der Waals surface area contributed by atoms with Crippen LogP contribution >= 0.6 is 0 Å². The molecule has 6 heteroatoms. The molecule has 1 aromatic rings. The van der Waals surface area contributed by atoms with E-state index in [9.17, 15) is 14.0 Å². The molecule has 5 nitrogen and oxygen atoms in total. The van der Waals surface area contributed by atoms with Gasteiger partial charge in [-0.25, -0.2) is 4.39 Å². The predicted octanol–water partition coefficient (Wildman–Crippen LogP) is 2.04. The molecule has 0 saturated carbocycles. The number of hydrogen-bond donors (Lipinski definition) is 1. The van der Waals surface area contributed by atoms with Crippen LogP contribution in [0.5, 0.6) is 0 Å². The average Bonchev–Trinajstić information content (AvgIpc) is 2.50. The number of anilines is 1. The van der Waals surface area contributed by atoms with Crippen LogP contribution in [-0.4, -0.2) is 43.0 Å². The van der Waals surface area contributed by atoms with Gasteiger partial charge in [-0.15, -0.1) is 0 Å². The molecule has 0 spiro atoms. The molecule has 1 N–H and O–H groups in total. The lowest BCUT2D eigenvalue weighted by atomic mass is 9.98. The summed E-state index contributed by atoms with van der Waals surface area (Å²) in [5.41, 5.74) is 0.173. The number of hydrogen-bond acceptors (Lipinski definition) is 4. The molecule has 120 valence electrons. The highest BCUT2D eigenvalue weighted by molar-refractivity contribution is 5.92. The molecule has 1 aliphatic heterocycles. The van der Waals surface area contributed by atoms with Crippen molar-refractivity contribution in [3.63, 3.8) is 0 Å². The fourth-order valence-corrected chi connectivity index (χ4v) is 2.61. The van der Waals surface area contributed by atoms with Crippen molar-refractivity contribution in [2.45, 2.75) is 19.8 Å². The van der Waals surface area contributed by atoms with E-state index in [1.807, 2.05) is 4.90 Å². The van der Waals surface area contributed by atoms with Crippen LogP contribution in [0.4, 0.5) is 10.1 Å². The zero-order valence-electron chi connectivity index (χ0n) is 12.7. The third kappa shape index (κ3) is 4.53. The van der Waals surface area contributed by atoms with Crippen molar-refractivity contribution < 1.29 is 18.7 Å². The van der Waals surface area contributed by atoms with Gasteiger partial charge in [0.15, 0.2) is 0 Å². The number of likely N-dealkylation sites (tertiary alicyclic amines) is 1. The number of amides is 1. The summed E-state index contributed by atoms with van der Waals surface area (Å²) in [6, 6.07) is 6.05. The molecule has 1 atom stereocenters. The van der Waals surface area contributed by atoms with Crippen molar-refractivity contribution in [1.29, 1.82) is 0 Å². The van der Waals surface area contributed by atoms with Gasteiger partial charge in [0.2, 0.25) is 5.91 Å². The number of carbonyl (C=O) groups is 2. The van der Waals surface area contributed by atoms with Gasteiger partial charge in [-0.05, 0) is 38.4 Å². The topological polar surface area (TPSA) is 58.6 Å². The Bertz CT molecular complexity index is 536. The predicted molar refractivity (Wildman–Crippen MR) is 80.8 cm³/mol. The van der Waals surface area contributed by atoms with Crippen LogP contribution in [-0.2, 0) is 14.3 Å². The van der Waals surface area contributed by atoms with Gasteiger partial charge in [0.1, 0.15) is 5.82 Å². The van der Waals surface area contributed by atoms with E-state index in [0.717, 1.165) is 19.4 Å². The molecule has 0 radical (unpaired) electrons. The lowest BCUT2D eigenvalue weighted by Crippen LogP contribution is -2.43. The van der Waals surface area contributed by atoms with E-state index >= 15 is 0 Å². The van der Waals surface area contributed by atoms with Crippen LogP contribution in [0, 0.1) is 11.7 Å². The first-order valence-corrected chi connectivity index (χ1v) is 7.53. The minimum atomic E-state index is -0.459. The standard InChI is InChI=1S/C16H21FN2O3/c1-2-22-16(21)12-6-5-9-19(10-12)11-15(20)18-14-8-4-3-7-13(14)17/h3-4,7-8,12H,2,5-6,9-11H2,1H3,(H,18,20). The van der Waals surface area contributed by atoms with Crippen LogP contribution in [0.1, 0.15) is 19.8 Å². The number of nitrogens with one attached hydrogen (secondary N) is 1. The highest BCUT2D eigenvalue weighted by Crippen LogP contribution is 2.18. The van der Waals surface area contributed by atoms with E-state index in [1.54, 1.807) is 19.1 Å². The molecular weight excluding hydrogens is 287 g/mol. The molecule has 1 saturated heterocycles. The van der Waals surface area contributed by atoms with Crippen molar-refractivity contribution in [3.05, 3.63) is 30.1 Å².